The number of nitrogens with zero attached hydrogens (tertiary/aromatic N) is 3. The molecule has 1 fully saturated rings. The smallest absolute Gasteiger partial charge is 0.333 e. The zero-order valence-electron chi connectivity index (χ0n) is 15.1. The number of rotatable bonds is 6. The Balaban J connectivity index is 1.81. The van der Waals surface area contributed by atoms with Gasteiger partial charge in [-0.1, -0.05) is 12.1 Å². The average Bonchev–Trinajstić information content (AvgIpc) is 2.62. The van der Waals surface area contributed by atoms with Crippen LogP contribution in [0, 0.1) is 16.0 Å². The number of nitrogens with two attached hydrogens (primary N) is 3. The summed E-state index contributed by atoms with van der Waals surface area (Å²) in [5.41, 5.74) is 19.1. The van der Waals surface area contributed by atoms with Crippen LogP contribution >= 0.6 is 0 Å². The molecule has 1 saturated carbocycles. The van der Waals surface area contributed by atoms with E-state index in [4.69, 9.17) is 17.2 Å². The first-order valence-corrected chi connectivity index (χ1v) is 9.07. The Bertz CT molecular complexity index is 802. The summed E-state index contributed by atoms with van der Waals surface area (Å²) < 4.78 is 0. The second-order valence-electron chi connectivity index (χ2n) is 7.06. The summed E-state index contributed by atoms with van der Waals surface area (Å²) in [7, 11) is 0. The highest BCUT2D eigenvalue weighted by atomic mass is 16.6. The molecule has 0 aliphatic heterocycles. The molecule has 7 N–H and O–H groups in total. The van der Waals surface area contributed by atoms with E-state index in [2.05, 4.69) is 15.3 Å². The molecule has 1 aliphatic rings. The molecule has 0 amide bonds. The van der Waals surface area contributed by atoms with E-state index in [1.165, 1.54) is 0 Å². The Labute approximate surface area is 157 Å². The summed E-state index contributed by atoms with van der Waals surface area (Å²) in [4.78, 5) is 19.4. The lowest BCUT2D eigenvalue weighted by Gasteiger charge is -2.26. The van der Waals surface area contributed by atoms with Gasteiger partial charge in [-0.2, -0.15) is 4.98 Å². The van der Waals surface area contributed by atoms with Crippen LogP contribution in [0.1, 0.15) is 36.9 Å². The van der Waals surface area contributed by atoms with E-state index in [0.717, 1.165) is 31.2 Å². The van der Waals surface area contributed by atoms with Crippen LogP contribution in [0.25, 0.3) is 0 Å². The number of benzene rings is 1. The number of aromatic nitrogens is 2. The van der Waals surface area contributed by atoms with Crippen LogP contribution in [-0.2, 0) is 6.42 Å². The minimum atomic E-state index is -0.453. The standard InChI is InChI=1S/C18H25N7O2/c19-13-5-1-11(2-6-13)9-15-16(25(26)27)17(24-18(21)23-15)22-10-12-3-7-14(20)8-4-12/h1-2,5-6,12,14H,3-4,7-10,19-20H2,(H3,21,22,23,24). The van der Waals surface area contributed by atoms with Gasteiger partial charge in [-0.25, -0.2) is 4.98 Å². The van der Waals surface area contributed by atoms with E-state index in [9.17, 15) is 10.1 Å². The van der Waals surface area contributed by atoms with Gasteiger partial charge in [-0.05, 0) is 49.3 Å². The van der Waals surface area contributed by atoms with Crippen LogP contribution < -0.4 is 22.5 Å². The minimum Gasteiger partial charge on any atom is -0.399 e. The molecule has 27 heavy (non-hydrogen) atoms. The molecule has 0 spiro atoms. The summed E-state index contributed by atoms with van der Waals surface area (Å²) >= 11 is 0. The molecule has 0 atom stereocenters. The van der Waals surface area contributed by atoms with Crippen molar-refractivity contribution in [2.75, 3.05) is 23.3 Å². The summed E-state index contributed by atoms with van der Waals surface area (Å²) in [5.74, 6) is 0.605. The van der Waals surface area contributed by atoms with Crippen molar-refractivity contribution in [2.45, 2.75) is 38.1 Å². The first-order chi connectivity index (χ1) is 12.9. The fourth-order valence-corrected chi connectivity index (χ4v) is 3.42. The van der Waals surface area contributed by atoms with Crippen molar-refractivity contribution in [3.63, 3.8) is 0 Å². The second-order valence-corrected chi connectivity index (χ2v) is 7.06. The molecule has 144 valence electrons. The van der Waals surface area contributed by atoms with Crippen molar-refractivity contribution >= 4 is 23.1 Å². The minimum absolute atomic E-state index is 0.0132. The SMILES string of the molecule is Nc1ccc(Cc2nc(N)nc(NCC3CCC(N)CC3)c2[N+](=O)[O-])cc1. The maximum atomic E-state index is 11.7. The van der Waals surface area contributed by atoms with Crippen molar-refractivity contribution in [3.05, 3.63) is 45.6 Å². The van der Waals surface area contributed by atoms with Crippen LogP contribution in [0.15, 0.2) is 24.3 Å². The normalized spacial score (nSPS) is 19.6. The highest BCUT2D eigenvalue weighted by molar-refractivity contribution is 5.61. The topological polar surface area (TPSA) is 159 Å². The van der Waals surface area contributed by atoms with Crippen LogP contribution in [0.4, 0.5) is 23.1 Å². The van der Waals surface area contributed by atoms with Gasteiger partial charge in [0.25, 0.3) is 0 Å². The molecule has 9 nitrogen and oxygen atoms in total. The molecule has 1 aliphatic carbocycles. The van der Waals surface area contributed by atoms with Crippen LogP contribution in [0.3, 0.4) is 0 Å². The fourth-order valence-electron chi connectivity index (χ4n) is 3.42. The van der Waals surface area contributed by atoms with Gasteiger partial charge >= 0.3 is 5.69 Å². The number of nitro groups is 1. The number of hydrogen-bond donors (Lipinski definition) is 4. The monoisotopic (exact) mass is 371 g/mol. The van der Waals surface area contributed by atoms with Gasteiger partial charge in [-0.15, -0.1) is 0 Å². The molecule has 1 heterocycles. The largest absolute Gasteiger partial charge is 0.399 e. The van der Waals surface area contributed by atoms with E-state index in [1.807, 2.05) is 12.1 Å². The van der Waals surface area contributed by atoms with Gasteiger partial charge in [0.2, 0.25) is 11.8 Å². The quantitative estimate of drug-likeness (QED) is 0.341. The number of hydrogen-bond acceptors (Lipinski definition) is 8. The Hall–Kier alpha value is -2.94. The summed E-state index contributed by atoms with van der Waals surface area (Å²) in [5, 5.41) is 14.8. The van der Waals surface area contributed by atoms with Crippen molar-refractivity contribution < 1.29 is 4.92 Å². The third kappa shape index (κ3) is 4.82. The van der Waals surface area contributed by atoms with E-state index < -0.39 is 4.92 Å². The predicted octanol–water partition coefficient (Wildman–Crippen LogP) is 2.07. The van der Waals surface area contributed by atoms with Crippen molar-refractivity contribution in [2.24, 2.45) is 11.7 Å². The highest BCUT2D eigenvalue weighted by Crippen LogP contribution is 2.30. The Kier molecular flexibility index (Phi) is 5.70. The molecular weight excluding hydrogens is 346 g/mol. The summed E-state index contributed by atoms with van der Waals surface area (Å²) in [6, 6.07) is 7.39. The highest BCUT2D eigenvalue weighted by Gasteiger charge is 2.26. The lowest BCUT2D eigenvalue weighted by atomic mass is 9.86. The third-order valence-electron chi connectivity index (χ3n) is 4.96. The van der Waals surface area contributed by atoms with E-state index in [-0.39, 0.29) is 35.6 Å². The summed E-state index contributed by atoms with van der Waals surface area (Å²) in [6.45, 7) is 0.603. The fraction of sp³-hybridized carbons (Fsp3) is 0.444. The lowest BCUT2D eigenvalue weighted by molar-refractivity contribution is -0.385. The van der Waals surface area contributed by atoms with E-state index in [1.54, 1.807) is 12.1 Å². The molecule has 9 heteroatoms. The maximum absolute atomic E-state index is 11.7. The first kappa shape index (κ1) is 18.8. The number of nitrogens with one attached hydrogen (secondary N) is 1. The second kappa shape index (κ2) is 8.17. The maximum Gasteiger partial charge on any atom is 0.333 e. The van der Waals surface area contributed by atoms with Crippen LogP contribution in [-0.4, -0.2) is 27.5 Å². The molecule has 0 bridgehead atoms. The van der Waals surface area contributed by atoms with Gasteiger partial charge in [0, 0.05) is 24.7 Å². The molecule has 0 radical (unpaired) electrons. The van der Waals surface area contributed by atoms with E-state index >= 15 is 0 Å². The van der Waals surface area contributed by atoms with Gasteiger partial charge in [0.05, 0.1) is 4.92 Å². The molecule has 1 aromatic carbocycles. The molecular formula is C18H25N7O2. The third-order valence-corrected chi connectivity index (χ3v) is 4.96. The lowest BCUT2D eigenvalue weighted by Crippen LogP contribution is -2.29. The van der Waals surface area contributed by atoms with Gasteiger partial charge in [-0.3, -0.25) is 10.1 Å². The van der Waals surface area contributed by atoms with Crippen molar-refractivity contribution in [1.29, 1.82) is 0 Å². The van der Waals surface area contributed by atoms with Gasteiger partial charge in [0.1, 0.15) is 5.69 Å². The Morgan fingerprint density at radius 2 is 1.78 bits per heavy atom. The van der Waals surface area contributed by atoms with Crippen LogP contribution in [0.5, 0.6) is 0 Å². The Morgan fingerprint density at radius 1 is 1.11 bits per heavy atom. The first-order valence-electron chi connectivity index (χ1n) is 9.07. The average molecular weight is 371 g/mol. The molecule has 1 aromatic heterocycles. The van der Waals surface area contributed by atoms with Gasteiger partial charge in [0.15, 0.2) is 0 Å². The Morgan fingerprint density at radius 3 is 2.41 bits per heavy atom. The number of nitrogen functional groups attached to an aromatic ring is 2. The van der Waals surface area contributed by atoms with Crippen molar-refractivity contribution in [1.82, 2.24) is 9.97 Å². The summed E-state index contributed by atoms with van der Waals surface area (Å²) in [6.07, 6.45) is 4.23. The molecule has 2 aromatic rings. The molecule has 0 unspecified atom stereocenters. The zero-order valence-corrected chi connectivity index (χ0v) is 15.1. The predicted molar refractivity (Wildman–Crippen MR) is 105 cm³/mol. The molecule has 3 rings (SSSR count). The van der Waals surface area contributed by atoms with Gasteiger partial charge < -0.3 is 22.5 Å². The van der Waals surface area contributed by atoms with Crippen molar-refractivity contribution in [3.8, 4) is 0 Å². The zero-order chi connectivity index (χ0) is 19.4. The number of anilines is 3. The van der Waals surface area contributed by atoms with Crippen LogP contribution in [0.2, 0.25) is 0 Å². The molecule has 0 saturated heterocycles. The van der Waals surface area contributed by atoms with E-state index in [0.29, 0.717) is 18.2 Å².